The molecule has 7 aliphatic rings. The number of carbonyl (C=O) groups is 10. The number of esters is 1. The van der Waals surface area contributed by atoms with Crippen molar-refractivity contribution in [2.24, 2.45) is 11.7 Å². The third-order valence-electron chi connectivity index (χ3n) is 22.0. The fourth-order valence-electron chi connectivity index (χ4n) is 15.4. The Morgan fingerprint density at radius 2 is 1.32 bits per heavy atom. The summed E-state index contributed by atoms with van der Waals surface area (Å²) in [6.45, 7) is 9.57. The number of hydrogen-bond acceptors (Lipinski definition) is 30. The van der Waals surface area contributed by atoms with Gasteiger partial charge in [-0.3, -0.25) is 52.3 Å². The summed E-state index contributed by atoms with van der Waals surface area (Å²) in [5.41, 5.74) is 0.0849. The van der Waals surface area contributed by atoms with Crippen LogP contribution < -0.4 is 73.1 Å². The standard InChI is InChI=1S/C83H105Cl2N11O28P2/c1-7-8-9-10-11-12-13-14-23-88-24-25-89-83(5)35-60(118-38(4)73(83)107)123-72-69(106)68(105)56(36-97)121-81(72)124-71-54-30-42-31-55(71)120-53-20-17-41(29-47(53)85)70(122-59(103)22-21-58(102)91-82(125-116)126-117)66(96-74(108)48(87-6)26-37(2)3)79(113)90-49(34-57(86)101)75(109)92-63(42)77(111)93-62-39-15-18-50(99)44(27-39)61-45(32-43(98)33-51(61)100)64(80(114)115)94-78(112)65(95-76(62)110)67(104)40-16-19-52(119-54)46(84)28-40/h15-20,27-33,37-38,48-49,56,60,62-70,72-73,81-82,87-89,97-100,104-107H,7-14,21-26,34-36H2,1-6H3,(H2,86,101)(H,90,113)(H,91,102)(H,92,109)(H,93,111)(H,94,112)(H,95,110)(H,96,108)(H,114,115)/t38-,48+,49-,56+,60-,62+,63+,64-,65-,66+,67+,68+,69-,70+,72+,73+,81-,83-/m0/s1. The summed E-state index contributed by atoms with van der Waals surface area (Å²) in [5.74, 6) is -19.3. The van der Waals surface area contributed by atoms with Gasteiger partial charge in [0.1, 0.15) is 83.4 Å². The van der Waals surface area contributed by atoms with E-state index in [1.54, 1.807) is 27.7 Å². The van der Waals surface area contributed by atoms with E-state index < -0.39 is 301 Å². The molecule has 0 unspecified atom stereocenters. The van der Waals surface area contributed by atoms with Gasteiger partial charge in [0.25, 0.3) is 0 Å². The number of nitrogens with one attached hydrogen (secondary N) is 10. The number of halogens is 2. The number of benzene rings is 5. The molecule has 0 aliphatic carbocycles. The number of ether oxygens (including phenoxy) is 7. The van der Waals surface area contributed by atoms with E-state index in [-0.39, 0.29) is 29.9 Å². The second-order valence-electron chi connectivity index (χ2n) is 31.9. The van der Waals surface area contributed by atoms with Crippen molar-refractivity contribution in [1.29, 1.82) is 0 Å². The molecule has 0 saturated carbocycles. The molecule has 39 nitrogen and oxygen atoms in total. The van der Waals surface area contributed by atoms with Crippen LogP contribution in [0.25, 0.3) is 11.1 Å². The molecule has 18 atom stereocenters. The van der Waals surface area contributed by atoms with Crippen molar-refractivity contribution in [2.45, 2.75) is 233 Å². The van der Waals surface area contributed by atoms with Crippen LogP contribution in [0.5, 0.6) is 46.0 Å². The number of unbranched alkanes of at least 4 members (excludes halogenated alkanes) is 7. The zero-order valence-corrected chi connectivity index (χ0v) is 72.8. The topological polar surface area (TPSA) is 598 Å². The van der Waals surface area contributed by atoms with E-state index in [2.05, 4.69) is 60.1 Å². The molecule has 5 aromatic carbocycles. The van der Waals surface area contributed by atoms with Crippen LogP contribution in [-0.2, 0) is 76.0 Å². The first-order chi connectivity index (χ1) is 60.0. The van der Waals surface area contributed by atoms with Crippen LogP contribution >= 0.6 is 40.1 Å². The number of primary amides is 1. The van der Waals surface area contributed by atoms with Crippen LogP contribution in [0, 0.1) is 5.92 Å². The minimum absolute atomic E-state index is 0.0958. The number of nitrogens with two attached hydrogens (primary N) is 1. The quantitative estimate of drug-likeness (QED) is 0.0153. The lowest BCUT2D eigenvalue weighted by molar-refractivity contribution is -0.334. The van der Waals surface area contributed by atoms with Gasteiger partial charge in [0.2, 0.25) is 59.3 Å². The molecule has 684 valence electrons. The molecule has 12 rings (SSSR count). The van der Waals surface area contributed by atoms with E-state index in [0.717, 1.165) is 111 Å². The SMILES string of the molecule is CCCCCCCCCCNCCN[C@@]1(C)C[C@H](O[C@H]2[C@H](Oc3c4cc5cc3Oc3ccc(cc3Cl)[C@@H](OC(=O)CCC(=O)NC(P=O)P=O)[C@@H](NC(=O)[C@@H](CC(C)C)NC)C(=O)N[C@@H](CC(N)=O)C(=O)N[C@H]5C(=O)N[C@H]3C(=O)N[C@H](C(=O)N[C@H](C(=O)O)c5cc(O)cc(O)c5-c5cc3ccc5O)[C@H](O)c3ccc(c(Cl)c3)O4)O[C@H](CO)[C@@H](O)[C@@H]2O)O[C@@H](C)[C@H]1O. The van der Waals surface area contributed by atoms with Gasteiger partial charge in [-0.25, -0.2) is 4.79 Å². The molecule has 0 aromatic heterocycles. The van der Waals surface area contributed by atoms with Crippen molar-refractivity contribution in [3.63, 3.8) is 0 Å². The summed E-state index contributed by atoms with van der Waals surface area (Å²) in [5, 5.41) is 130. The van der Waals surface area contributed by atoms with Crippen LogP contribution in [-0.4, -0.2) is 223 Å². The van der Waals surface area contributed by atoms with Gasteiger partial charge in [-0.15, -0.1) is 0 Å². The first kappa shape index (κ1) is 98.1. The second-order valence-corrected chi connectivity index (χ2v) is 34.6. The Balaban J connectivity index is 1.19. The van der Waals surface area contributed by atoms with Crippen LogP contribution in [0.4, 0.5) is 0 Å². The molecular weight excluding hydrogens is 1730 g/mol. The number of aromatic hydroxyl groups is 3. The molecule has 21 N–H and O–H groups in total. The fraction of sp³-hybridized carbons (Fsp3) is 0.518. The molecule has 7 heterocycles. The number of aliphatic hydroxyl groups excluding tert-OH is 5. The summed E-state index contributed by atoms with van der Waals surface area (Å²) in [4.78, 5) is 148. The van der Waals surface area contributed by atoms with Crippen LogP contribution in [0.15, 0.2) is 78.9 Å². The van der Waals surface area contributed by atoms with E-state index in [0.29, 0.717) is 13.1 Å². The van der Waals surface area contributed by atoms with Gasteiger partial charge in [0.05, 0.1) is 47.7 Å². The normalized spacial score (nSPS) is 26.2. The number of likely N-dealkylation sites (N-methyl/N-ethyl adjacent to an activating group) is 1. The number of phenolic OH excluding ortho intramolecular Hbond substituents is 3. The highest BCUT2D eigenvalue weighted by atomic mass is 35.5. The zero-order chi connectivity index (χ0) is 91.7. The predicted molar refractivity (Wildman–Crippen MR) is 449 cm³/mol. The van der Waals surface area contributed by atoms with Crippen molar-refractivity contribution in [2.75, 3.05) is 33.3 Å². The summed E-state index contributed by atoms with van der Waals surface area (Å²) >= 11 is 14.5. The Kier molecular flexibility index (Phi) is 34.7. The molecule has 11 bridgehead atoms. The average molecular weight is 1840 g/mol. The number of carbonyl (C=O) groups excluding carboxylic acids is 9. The van der Waals surface area contributed by atoms with Crippen molar-refractivity contribution in [3.05, 3.63) is 117 Å². The van der Waals surface area contributed by atoms with Crippen molar-refractivity contribution in [1.82, 2.24) is 53.2 Å². The van der Waals surface area contributed by atoms with E-state index in [4.69, 9.17) is 62.1 Å². The number of fused-ring (bicyclic) bond motifs is 15. The molecule has 5 aromatic rings. The number of carboxylic acid groups (broad SMARTS) is 1. The van der Waals surface area contributed by atoms with Gasteiger partial charge in [-0.1, -0.05) is 107 Å². The summed E-state index contributed by atoms with van der Waals surface area (Å²) in [6.07, 6.45) is -11.6. The summed E-state index contributed by atoms with van der Waals surface area (Å²) in [7, 11) is -0.102. The Bertz CT molecular complexity index is 4820. The summed E-state index contributed by atoms with van der Waals surface area (Å²) in [6, 6.07) is -1.76. The third kappa shape index (κ3) is 24.4. The number of phenols is 3. The number of rotatable bonds is 33. The van der Waals surface area contributed by atoms with Crippen molar-refractivity contribution >= 4 is 99.3 Å². The number of carboxylic acids is 1. The lowest BCUT2D eigenvalue weighted by atomic mass is 9.85. The predicted octanol–water partition coefficient (Wildman–Crippen LogP) is 4.78. The Labute approximate surface area is 736 Å². The van der Waals surface area contributed by atoms with Crippen molar-refractivity contribution < 1.29 is 136 Å². The molecule has 2 fully saturated rings. The first-order valence-electron chi connectivity index (χ1n) is 41.1. The number of hydrogen-bond donors (Lipinski definition) is 20. The smallest absolute Gasteiger partial charge is 0.330 e. The lowest BCUT2D eigenvalue weighted by Gasteiger charge is -2.48. The first-order valence-corrected chi connectivity index (χ1v) is 43.6. The minimum Gasteiger partial charge on any atom is -0.508 e. The minimum atomic E-state index is -2.45. The highest BCUT2D eigenvalue weighted by Crippen LogP contribution is 2.50. The van der Waals surface area contributed by atoms with Gasteiger partial charge in [0.15, 0.2) is 58.5 Å². The number of aliphatic carboxylic acids is 1. The Hall–Kier alpha value is -10.1. The van der Waals surface area contributed by atoms with E-state index in [9.17, 15) is 79.1 Å². The summed E-state index contributed by atoms with van der Waals surface area (Å²) < 4.78 is 69.0. The molecule has 0 spiro atoms. The van der Waals surface area contributed by atoms with E-state index >= 15 is 24.0 Å². The van der Waals surface area contributed by atoms with Gasteiger partial charge in [-0.2, -0.15) is 0 Å². The maximum Gasteiger partial charge on any atom is 0.330 e. The Morgan fingerprint density at radius 3 is 1.94 bits per heavy atom. The molecular formula is C83H105Cl2N11O28P2. The average Bonchev–Trinajstić information content (AvgIpc) is 0.765. The largest absolute Gasteiger partial charge is 0.508 e. The molecule has 7 aliphatic heterocycles. The van der Waals surface area contributed by atoms with Crippen LogP contribution in [0.2, 0.25) is 10.0 Å². The van der Waals surface area contributed by atoms with E-state index in [1.165, 1.54) is 32.4 Å². The Morgan fingerprint density at radius 1 is 0.690 bits per heavy atom. The molecule has 2 saturated heterocycles. The maximum absolute atomic E-state index is 16.4. The molecule has 126 heavy (non-hydrogen) atoms. The van der Waals surface area contributed by atoms with Crippen LogP contribution in [0.1, 0.15) is 176 Å². The molecule has 8 amide bonds. The monoisotopic (exact) mass is 1840 g/mol. The number of amides is 8. The van der Waals surface area contributed by atoms with Gasteiger partial charge in [0, 0.05) is 54.2 Å². The molecule has 43 heteroatoms. The van der Waals surface area contributed by atoms with Gasteiger partial charge in [-0.05, 0) is 123 Å². The maximum atomic E-state index is 16.4. The molecule has 0 radical (unpaired) electrons. The highest BCUT2D eigenvalue weighted by molar-refractivity contribution is 7.44. The van der Waals surface area contributed by atoms with Gasteiger partial charge < -0.3 is 138 Å². The number of aliphatic hydroxyl groups is 5. The zero-order valence-electron chi connectivity index (χ0n) is 69.5. The third-order valence-corrected chi connectivity index (χ3v) is 23.9. The van der Waals surface area contributed by atoms with E-state index in [1.807, 2.05) is 0 Å². The highest BCUT2D eigenvalue weighted by Gasteiger charge is 2.52. The second kappa shape index (κ2) is 44.6. The fourth-order valence-corrected chi connectivity index (χ4v) is 16.4. The van der Waals surface area contributed by atoms with Crippen LogP contribution in [0.3, 0.4) is 0 Å². The van der Waals surface area contributed by atoms with Gasteiger partial charge >= 0.3 is 11.9 Å². The lowest BCUT2D eigenvalue weighted by Crippen LogP contribution is -2.65. The van der Waals surface area contributed by atoms with Crippen molar-refractivity contribution in [3.8, 4) is 57.1 Å².